The molecule has 1 atom stereocenters. The van der Waals surface area contributed by atoms with Crippen molar-refractivity contribution in [2.45, 2.75) is 6.10 Å². The first-order valence-electron chi connectivity index (χ1n) is 7.70. The lowest BCUT2D eigenvalue weighted by Crippen LogP contribution is -2.48. The summed E-state index contributed by atoms with van der Waals surface area (Å²) in [5.74, 6) is -0.933. The van der Waals surface area contributed by atoms with E-state index in [1.165, 1.54) is 17.0 Å². The van der Waals surface area contributed by atoms with Crippen molar-refractivity contribution in [3.8, 4) is 11.5 Å². The Balaban J connectivity index is 1.67. The van der Waals surface area contributed by atoms with Crippen LogP contribution in [0.1, 0.15) is 10.4 Å². The molecule has 0 radical (unpaired) electrons. The van der Waals surface area contributed by atoms with Crippen LogP contribution < -0.4 is 4.74 Å². The van der Waals surface area contributed by atoms with Gasteiger partial charge >= 0.3 is 5.97 Å². The number of aliphatic carboxylic acids is 1. The van der Waals surface area contributed by atoms with E-state index in [0.29, 0.717) is 23.6 Å². The number of morpholine rings is 1. The van der Waals surface area contributed by atoms with Crippen molar-refractivity contribution in [3.63, 3.8) is 0 Å². The molecule has 1 aliphatic heterocycles. The van der Waals surface area contributed by atoms with E-state index in [1.807, 2.05) is 0 Å². The Bertz CT molecular complexity index is 777. The van der Waals surface area contributed by atoms with E-state index >= 15 is 0 Å². The van der Waals surface area contributed by atoms with Crippen molar-refractivity contribution < 1.29 is 28.6 Å². The molecular weight excluding hydrogens is 329 g/mol. The van der Waals surface area contributed by atoms with Crippen LogP contribution in [0, 0.1) is 5.82 Å². The molecule has 0 unspecified atom stereocenters. The fourth-order valence-electron chi connectivity index (χ4n) is 2.50. The summed E-state index contributed by atoms with van der Waals surface area (Å²) >= 11 is 0. The smallest absolute Gasteiger partial charge is 0.334 e. The largest absolute Gasteiger partial charge is 0.479 e. The van der Waals surface area contributed by atoms with Crippen molar-refractivity contribution >= 4 is 11.9 Å². The Hall–Kier alpha value is -2.93. The maximum absolute atomic E-state index is 13.2. The first-order chi connectivity index (χ1) is 12.0. The number of carbonyl (C=O) groups is 2. The summed E-state index contributed by atoms with van der Waals surface area (Å²) in [5.41, 5.74) is 0.414. The number of rotatable bonds is 4. The second kappa shape index (κ2) is 7.31. The Morgan fingerprint density at radius 1 is 1.16 bits per heavy atom. The standard InChI is InChI=1S/C18H16FNO5/c19-13-2-1-3-15(10-13)25-14-6-4-12(5-7-14)17(21)20-8-9-24-16(11-20)18(22)23/h1-7,10,16H,8-9,11H2,(H,22,23)/t16-/m1/s1. The van der Waals surface area contributed by atoms with E-state index in [1.54, 1.807) is 36.4 Å². The molecule has 0 aromatic heterocycles. The maximum atomic E-state index is 13.2. The molecule has 0 spiro atoms. The molecule has 1 fully saturated rings. The van der Waals surface area contributed by atoms with Gasteiger partial charge in [0.05, 0.1) is 13.2 Å². The molecular formula is C18H16FNO5. The van der Waals surface area contributed by atoms with Gasteiger partial charge in [0.25, 0.3) is 5.91 Å². The molecule has 6 nitrogen and oxygen atoms in total. The zero-order valence-electron chi connectivity index (χ0n) is 13.2. The lowest BCUT2D eigenvalue weighted by atomic mass is 10.1. The lowest BCUT2D eigenvalue weighted by Gasteiger charge is -2.30. The summed E-state index contributed by atoms with van der Waals surface area (Å²) in [4.78, 5) is 24.9. The van der Waals surface area contributed by atoms with Crippen LogP contribution in [0.3, 0.4) is 0 Å². The van der Waals surface area contributed by atoms with Gasteiger partial charge in [-0.25, -0.2) is 9.18 Å². The Labute approximate surface area is 143 Å². The highest BCUT2D eigenvalue weighted by atomic mass is 19.1. The van der Waals surface area contributed by atoms with E-state index in [9.17, 15) is 14.0 Å². The van der Waals surface area contributed by atoms with Crippen LogP contribution in [0.4, 0.5) is 4.39 Å². The molecule has 0 bridgehead atoms. The van der Waals surface area contributed by atoms with Crippen molar-refractivity contribution in [2.75, 3.05) is 19.7 Å². The van der Waals surface area contributed by atoms with Gasteiger partial charge in [0.2, 0.25) is 0 Å². The summed E-state index contributed by atoms with van der Waals surface area (Å²) in [6.07, 6.45) is -1.01. The third-order valence-electron chi connectivity index (χ3n) is 3.76. The predicted molar refractivity (Wildman–Crippen MR) is 86.2 cm³/mol. The minimum atomic E-state index is -1.09. The first kappa shape index (κ1) is 16.9. The third kappa shape index (κ3) is 4.13. The minimum Gasteiger partial charge on any atom is -0.479 e. The quantitative estimate of drug-likeness (QED) is 0.922. The second-order valence-corrected chi connectivity index (χ2v) is 5.53. The number of amides is 1. The van der Waals surface area contributed by atoms with Crippen LogP contribution in [0.25, 0.3) is 0 Å². The molecule has 1 aliphatic rings. The van der Waals surface area contributed by atoms with E-state index in [0.717, 1.165) is 0 Å². The zero-order chi connectivity index (χ0) is 17.8. The number of carboxylic acids is 1. The molecule has 2 aromatic carbocycles. The summed E-state index contributed by atoms with van der Waals surface area (Å²) < 4.78 is 23.8. The van der Waals surface area contributed by atoms with Crippen molar-refractivity contribution in [2.24, 2.45) is 0 Å². The van der Waals surface area contributed by atoms with Crippen LogP contribution in [0.15, 0.2) is 48.5 Å². The summed E-state index contributed by atoms with van der Waals surface area (Å²) in [6.45, 7) is 0.531. The molecule has 1 saturated heterocycles. The van der Waals surface area contributed by atoms with Crippen LogP contribution in [-0.2, 0) is 9.53 Å². The molecule has 7 heteroatoms. The molecule has 0 saturated carbocycles. The number of ether oxygens (including phenoxy) is 2. The van der Waals surface area contributed by atoms with Gasteiger partial charge in [-0.05, 0) is 36.4 Å². The highest BCUT2D eigenvalue weighted by Gasteiger charge is 2.29. The number of benzene rings is 2. The molecule has 0 aliphatic carbocycles. The average molecular weight is 345 g/mol. The monoisotopic (exact) mass is 345 g/mol. The maximum Gasteiger partial charge on any atom is 0.334 e. The van der Waals surface area contributed by atoms with Crippen LogP contribution in [0.5, 0.6) is 11.5 Å². The van der Waals surface area contributed by atoms with Gasteiger partial charge < -0.3 is 19.5 Å². The van der Waals surface area contributed by atoms with Crippen molar-refractivity contribution in [3.05, 3.63) is 59.9 Å². The SMILES string of the molecule is O=C(O)[C@H]1CN(C(=O)c2ccc(Oc3cccc(F)c3)cc2)CCO1. The van der Waals surface area contributed by atoms with Gasteiger partial charge in [-0.3, -0.25) is 4.79 Å². The van der Waals surface area contributed by atoms with Gasteiger partial charge in [0.15, 0.2) is 6.10 Å². The van der Waals surface area contributed by atoms with Gasteiger partial charge in [0, 0.05) is 18.2 Å². The second-order valence-electron chi connectivity index (χ2n) is 5.53. The predicted octanol–water partition coefficient (Wildman–Crippen LogP) is 2.54. The molecule has 1 N–H and O–H groups in total. The van der Waals surface area contributed by atoms with Gasteiger partial charge in [-0.2, -0.15) is 0 Å². The summed E-state index contributed by atoms with van der Waals surface area (Å²) in [6, 6.07) is 12.1. The summed E-state index contributed by atoms with van der Waals surface area (Å²) in [5, 5.41) is 9.00. The summed E-state index contributed by atoms with van der Waals surface area (Å²) in [7, 11) is 0. The zero-order valence-corrected chi connectivity index (χ0v) is 13.2. The van der Waals surface area contributed by atoms with E-state index in [4.69, 9.17) is 14.6 Å². The van der Waals surface area contributed by atoms with Crippen molar-refractivity contribution in [1.82, 2.24) is 4.90 Å². The Morgan fingerprint density at radius 2 is 1.92 bits per heavy atom. The van der Waals surface area contributed by atoms with E-state index < -0.39 is 17.9 Å². The number of halogens is 1. The molecule has 130 valence electrons. The third-order valence-corrected chi connectivity index (χ3v) is 3.76. The Morgan fingerprint density at radius 3 is 2.60 bits per heavy atom. The van der Waals surface area contributed by atoms with E-state index in [-0.39, 0.29) is 19.1 Å². The minimum absolute atomic E-state index is 0.00963. The van der Waals surface area contributed by atoms with Crippen LogP contribution in [0.2, 0.25) is 0 Å². The first-order valence-corrected chi connectivity index (χ1v) is 7.70. The van der Waals surface area contributed by atoms with Gasteiger partial charge in [0.1, 0.15) is 17.3 Å². The fraction of sp³-hybridized carbons (Fsp3) is 0.222. The lowest BCUT2D eigenvalue weighted by molar-refractivity contribution is -0.154. The topological polar surface area (TPSA) is 76.1 Å². The molecule has 25 heavy (non-hydrogen) atoms. The van der Waals surface area contributed by atoms with Crippen LogP contribution >= 0.6 is 0 Å². The Kier molecular flexibility index (Phi) is 4.95. The number of carboxylic acid groups (broad SMARTS) is 1. The highest BCUT2D eigenvalue weighted by molar-refractivity contribution is 5.94. The molecule has 2 aromatic rings. The highest BCUT2D eigenvalue weighted by Crippen LogP contribution is 2.23. The van der Waals surface area contributed by atoms with Gasteiger partial charge in [-0.15, -0.1) is 0 Å². The fourth-order valence-corrected chi connectivity index (χ4v) is 2.50. The average Bonchev–Trinajstić information content (AvgIpc) is 2.62. The normalized spacial score (nSPS) is 17.2. The van der Waals surface area contributed by atoms with Gasteiger partial charge in [-0.1, -0.05) is 6.07 Å². The number of hydrogen-bond acceptors (Lipinski definition) is 4. The molecule has 1 amide bonds. The molecule has 1 heterocycles. The van der Waals surface area contributed by atoms with E-state index in [2.05, 4.69) is 0 Å². The van der Waals surface area contributed by atoms with Crippen molar-refractivity contribution in [1.29, 1.82) is 0 Å². The number of nitrogens with zero attached hydrogens (tertiary/aromatic N) is 1. The van der Waals surface area contributed by atoms with Crippen LogP contribution in [-0.4, -0.2) is 47.7 Å². The number of carbonyl (C=O) groups excluding carboxylic acids is 1. The number of hydrogen-bond donors (Lipinski definition) is 1. The molecule has 3 rings (SSSR count).